The molecule has 0 aromatic carbocycles. The van der Waals surface area contributed by atoms with Crippen molar-refractivity contribution < 1.29 is 4.79 Å². The van der Waals surface area contributed by atoms with Crippen molar-refractivity contribution in [2.75, 3.05) is 18.1 Å². The largest absolute Gasteiger partial charge is 0.351 e. The molecule has 1 fully saturated rings. The summed E-state index contributed by atoms with van der Waals surface area (Å²) in [5, 5.41) is 6.16. The van der Waals surface area contributed by atoms with Crippen LogP contribution in [0.25, 0.3) is 0 Å². The van der Waals surface area contributed by atoms with Crippen molar-refractivity contribution in [3.05, 3.63) is 12.7 Å². The summed E-state index contributed by atoms with van der Waals surface area (Å²) in [5.74, 6) is 2.44. The van der Waals surface area contributed by atoms with E-state index in [9.17, 15) is 4.79 Å². The topological polar surface area (TPSA) is 41.1 Å². The zero-order chi connectivity index (χ0) is 11.1. The molecule has 3 nitrogen and oxygen atoms in total. The molecular weight excluding hydrogens is 208 g/mol. The highest BCUT2D eigenvalue weighted by Gasteiger charge is 2.19. The highest BCUT2D eigenvalue weighted by Crippen LogP contribution is 2.17. The first-order chi connectivity index (χ1) is 7.24. The van der Waals surface area contributed by atoms with Crippen molar-refractivity contribution >= 4 is 17.7 Å². The maximum Gasteiger partial charge on any atom is 0.237 e. The third-order valence-corrected chi connectivity index (χ3v) is 3.68. The molecule has 0 spiro atoms. The monoisotopic (exact) mass is 228 g/mol. The SMILES string of the molecule is C=CCNC(=O)C(C)NC1CCCSC1. The summed E-state index contributed by atoms with van der Waals surface area (Å²) in [6.07, 6.45) is 4.14. The van der Waals surface area contributed by atoms with E-state index in [0.29, 0.717) is 12.6 Å². The van der Waals surface area contributed by atoms with Crippen molar-refractivity contribution in [3.63, 3.8) is 0 Å². The van der Waals surface area contributed by atoms with E-state index in [2.05, 4.69) is 17.2 Å². The third kappa shape index (κ3) is 4.71. The first kappa shape index (κ1) is 12.6. The molecule has 0 aromatic heterocycles. The summed E-state index contributed by atoms with van der Waals surface area (Å²) in [6, 6.07) is 0.391. The fourth-order valence-electron chi connectivity index (χ4n) is 1.63. The summed E-state index contributed by atoms with van der Waals surface area (Å²) in [6.45, 7) is 6.03. The van der Waals surface area contributed by atoms with E-state index >= 15 is 0 Å². The Kier molecular flexibility index (Phi) is 5.79. The van der Waals surface area contributed by atoms with Crippen molar-refractivity contribution in [1.82, 2.24) is 10.6 Å². The molecule has 4 heteroatoms. The molecule has 1 saturated heterocycles. The van der Waals surface area contributed by atoms with Gasteiger partial charge in [0.2, 0.25) is 5.91 Å². The number of amides is 1. The molecule has 1 aliphatic heterocycles. The van der Waals surface area contributed by atoms with Gasteiger partial charge in [-0.3, -0.25) is 4.79 Å². The molecular formula is C11H20N2OS. The number of carbonyl (C=O) groups is 1. The lowest BCUT2D eigenvalue weighted by molar-refractivity contribution is -0.122. The van der Waals surface area contributed by atoms with Gasteiger partial charge in [-0.05, 0) is 25.5 Å². The van der Waals surface area contributed by atoms with E-state index < -0.39 is 0 Å². The van der Waals surface area contributed by atoms with Crippen LogP contribution in [0.5, 0.6) is 0 Å². The quantitative estimate of drug-likeness (QED) is 0.694. The third-order valence-electron chi connectivity index (χ3n) is 2.46. The van der Waals surface area contributed by atoms with Crippen LogP contribution in [-0.4, -0.2) is 36.0 Å². The standard InChI is InChI=1S/C11H20N2OS/c1-3-6-12-11(14)9(2)13-10-5-4-7-15-8-10/h3,9-10,13H,1,4-8H2,2H3,(H,12,14). The van der Waals surface area contributed by atoms with E-state index in [4.69, 9.17) is 0 Å². The lowest BCUT2D eigenvalue weighted by Crippen LogP contribution is -2.48. The lowest BCUT2D eigenvalue weighted by atomic mass is 10.1. The molecule has 0 bridgehead atoms. The zero-order valence-corrected chi connectivity index (χ0v) is 10.1. The van der Waals surface area contributed by atoms with Gasteiger partial charge in [0.05, 0.1) is 6.04 Å². The Morgan fingerprint density at radius 1 is 1.73 bits per heavy atom. The second-order valence-corrected chi connectivity index (χ2v) is 4.99. The van der Waals surface area contributed by atoms with Crippen molar-refractivity contribution in [1.29, 1.82) is 0 Å². The molecule has 0 aromatic rings. The molecule has 1 aliphatic rings. The predicted molar refractivity (Wildman–Crippen MR) is 66.2 cm³/mol. The molecule has 2 N–H and O–H groups in total. The van der Waals surface area contributed by atoms with Crippen LogP contribution in [-0.2, 0) is 4.79 Å². The molecule has 2 unspecified atom stereocenters. The van der Waals surface area contributed by atoms with Crippen LogP contribution in [0.3, 0.4) is 0 Å². The molecule has 0 saturated carbocycles. The number of nitrogens with one attached hydrogen (secondary N) is 2. The number of thioether (sulfide) groups is 1. The highest BCUT2D eigenvalue weighted by atomic mass is 32.2. The van der Waals surface area contributed by atoms with Gasteiger partial charge < -0.3 is 10.6 Å². The average Bonchev–Trinajstić information content (AvgIpc) is 2.27. The summed E-state index contributed by atoms with van der Waals surface area (Å²) in [5.41, 5.74) is 0. The van der Waals surface area contributed by atoms with E-state index in [-0.39, 0.29) is 11.9 Å². The number of hydrogen-bond acceptors (Lipinski definition) is 3. The van der Waals surface area contributed by atoms with Gasteiger partial charge in [-0.15, -0.1) is 6.58 Å². The van der Waals surface area contributed by atoms with Gasteiger partial charge in [-0.2, -0.15) is 11.8 Å². The first-order valence-electron chi connectivity index (χ1n) is 5.46. The van der Waals surface area contributed by atoms with Crippen LogP contribution in [0.2, 0.25) is 0 Å². The lowest BCUT2D eigenvalue weighted by Gasteiger charge is -2.25. The van der Waals surface area contributed by atoms with Gasteiger partial charge in [0.25, 0.3) is 0 Å². The Hall–Kier alpha value is -0.480. The van der Waals surface area contributed by atoms with E-state index in [1.54, 1.807) is 6.08 Å². The van der Waals surface area contributed by atoms with Crippen LogP contribution in [0.15, 0.2) is 12.7 Å². The van der Waals surface area contributed by atoms with Crippen LogP contribution >= 0.6 is 11.8 Å². The fraction of sp³-hybridized carbons (Fsp3) is 0.727. The maximum atomic E-state index is 11.5. The smallest absolute Gasteiger partial charge is 0.237 e. The molecule has 86 valence electrons. The molecule has 0 aliphatic carbocycles. The minimum Gasteiger partial charge on any atom is -0.351 e. The van der Waals surface area contributed by atoms with Gasteiger partial charge >= 0.3 is 0 Å². The molecule has 15 heavy (non-hydrogen) atoms. The van der Waals surface area contributed by atoms with E-state index in [1.165, 1.54) is 18.6 Å². The normalized spacial score (nSPS) is 23.1. The van der Waals surface area contributed by atoms with Gasteiger partial charge in [0.15, 0.2) is 0 Å². The average molecular weight is 228 g/mol. The number of rotatable bonds is 5. The molecule has 1 heterocycles. The van der Waals surface area contributed by atoms with Crippen LogP contribution in [0.1, 0.15) is 19.8 Å². The van der Waals surface area contributed by atoms with Crippen molar-refractivity contribution in [2.24, 2.45) is 0 Å². The molecule has 1 rings (SSSR count). The Morgan fingerprint density at radius 3 is 3.13 bits per heavy atom. The number of carbonyl (C=O) groups excluding carboxylic acids is 1. The second-order valence-electron chi connectivity index (χ2n) is 3.84. The molecule has 1 amide bonds. The minimum atomic E-state index is -0.103. The Morgan fingerprint density at radius 2 is 2.53 bits per heavy atom. The summed E-state index contributed by atoms with van der Waals surface area (Å²) < 4.78 is 0. The van der Waals surface area contributed by atoms with Crippen molar-refractivity contribution in [3.8, 4) is 0 Å². The maximum absolute atomic E-state index is 11.5. The van der Waals surface area contributed by atoms with Crippen molar-refractivity contribution in [2.45, 2.75) is 31.8 Å². The number of hydrogen-bond donors (Lipinski definition) is 2. The zero-order valence-electron chi connectivity index (χ0n) is 9.29. The molecule has 2 atom stereocenters. The van der Waals surface area contributed by atoms with E-state index in [1.807, 2.05) is 18.7 Å². The molecule has 0 radical (unpaired) electrons. The van der Waals surface area contributed by atoms with Crippen LogP contribution in [0.4, 0.5) is 0 Å². The Labute approximate surface area is 96.1 Å². The summed E-state index contributed by atoms with van der Waals surface area (Å²) >= 11 is 1.96. The highest BCUT2D eigenvalue weighted by molar-refractivity contribution is 7.99. The Balaban J connectivity index is 2.23. The van der Waals surface area contributed by atoms with Gasteiger partial charge in [0, 0.05) is 18.3 Å². The second kappa shape index (κ2) is 6.90. The van der Waals surface area contributed by atoms with Gasteiger partial charge in [0.1, 0.15) is 0 Å². The minimum absolute atomic E-state index is 0.0606. The van der Waals surface area contributed by atoms with Crippen LogP contribution in [0, 0.1) is 0 Å². The Bertz CT molecular complexity index is 215. The fourth-order valence-corrected chi connectivity index (χ4v) is 2.71. The van der Waals surface area contributed by atoms with E-state index in [0.717, 1.165) is 5.75 Å². The first-order valence-corrected chi connectivity index (χ1v) is 6.62. The summed E-state index contributed by atoms with van der Waals surface area (Å²) in [4.78, 5) is 11.5. The predicted octanol–water partition coefficient (Wildman–Crippen LogP) is 1.16. The van der Waals surface area contributed by atoms with Crippen LogP contribution < -0.4 is 10.6 Å². The summed E-state index contributed by atoms with van der Waals surface area (Å²) in [7, 11) is 0. The van der Waals surface area contributed by atoms with Gasteiger partial charge in [-0.1, -0.05) is 6.08 Å². The van der Waals surface area contributed by atoms with Gasteiger partial charge in [-0.25, -0.2) is 0 Å².